The van der Waals surface area contributed by atoms with Crippen molar-refractivity contribution in [3.05, 3.63) is 35.9 Å². The van der Waals surface area contributed by atoms with E-state index in [0.717, 1.165) is 6.42 Å². The molecule has 0 aromatic heterocycles. The van der Waals surface area contributed by atoms with Crippen molar-refractivity contribution in [3.8, 4) is 0 Å². The largest absolute Gasteiger partial charge is 0.479 e. The monoisotopic (exact) mass is 264 g/mol. The van der Waals surface area contributed by atoms with Gasteiger partial charge < -0.3 is 10.0 Å². The first-order valence-corrected chi connectivity index (χ1v) is 6.10. The fraction of sp³-hybridized carbons (Fsp3) is 0.385. The van der Waals surface area contributed by atoms with E-state index in [2.05, 4.69) is 10.3 Å². The molecule has 2 rings (SSSR count). The summed E-state index contributed by atoms with van der Waals surface area (Å²) in [4.78, 5) is 28.1. The van der Waals surface area contributed by atoms with Crippen molar-refractivity contribution in [2.45, 2.75) is 12.3 Å². The lowest BCUT2D eigenvalue weighted by Gasteiger charge is -2.16. The number of carboxylic acid groups (broad SMARTS) is 1. The summed E-state index contributed by atoms with van der Waals surface area (Å²) >= 11 is 0. The average molecular weight is 264 g/mol. The Morgan fingerprint density at radius 3 is 2.79 bits per heavy atom. The van der Waals surface area contributed by atoms with E-state index >= 15 is 0 Å². The molecule has 6 heteroatoms. The molecule has 0 radical (unpaired) electrons. The zero-order valence-electron chi connectivity index (χ0n) is 10.4. The Morgan fingerprint density at radius 2 is 2.11 bits per heavy atom. The molecule has 1 aromatic rings. The van der Waals surface area contributed by atoms with Gasteiger partial charge in [0.1, 0.15) is 0 Å². The summed E-state index contributed by atoms with van der Waals surface area (Å²) in [5.41, 5.74) is 3.35. The van der Waals surface area contributed by atoms with Gasteiger partial charge in [0.25, 0.3) is 0 Å². The summed E-state index contributed by atoms with van der Waals surface area (Å²) in [6.45, 7) is 0.718. The number of aliphatic carboxylic acids is 1. The van der Waals surface area contributed by atoms with Crippen molar-refractivity contribution in [3.63, 3.8) is 0 Å². The van der Waals surface area contributed by atoms with Gasteiger partial charge >= 0.3 is 12.0 Å². The zero-order valence-corrected chi connectivity index (χ0v) is 10.4. The molecule has 2 N–H and O–H groups in total. The van der Waals surface area contributed by atoms with Gasteiger partial charge in [-0.3, -0.25) is 4.84 Å². The number of hydroxylamine groups is 1. The second-order valence-corrected chi connectivity index (χ2v) is 4.43. The van der Waals surface area contributed by atoms with E-state index in [4.69, 9.17) is 5.11 Å². The highest BCUT2D eigenvalue weighted by Crippen LogP contribution is 2.26. The zero-order chi connectivity index (χ0) is 13.7. The lowest BCUT2D eigenvalue weighted by Crippen LogP contribution is -2.39. The first-order valence-electron chi connectivity index (χ1n) is 6.10. The molecule has 1 fully saturated rings. The van der Waals surface area contributed by atoms with Crippen LogP contribution in [0.2, 0.25) is 0 Å². The van der Waals surface area contributed by atoms with Crippen LogP contribution in [0.4, 0.5) is 4.79 Å². The molecular formula is C13H16N2O4. The van der Waals surface area contributed by atoms with E-state index in [-0.39, 0.29) is 6.03 Å². The maximum absolute atomic E-state index is 11.7. The molecule has 0 bridgehead atoms. The van der Waals surface area contributed by atoms with Gasteiger partial charge in [0.05, 0.1) is 0 Å². The van der Waals surface area contributed by atoms with E-state index < -0.39 is 12.6 Å². The predicted octanol–water partition coefficient (Wildman–Crippen LogP) is 1.20. The van der Waals surface area contributed by atoms with Crippen LogP contribution in [0.3, 0.4) is 0 Å². The molecule has 0 aliphatic carbocycles. The van der Waals surface area contributed by atoms with Crippen molar-refractivity contribution < 1.29 is 19.5 Å². The summed E-state index contributed by atoms with van der Waals surface area (Å²) in [5.74, 6) is -0.796. The van der Waals surface area contributed by atoms with E-state index in [1.54, 1.807) is 4.90 Å². The number of carbonyl (C=O) groups excluding carboxylic acids is 1. The fourth-order valence-electron chi connectivity index (χ4n) is 2.17. The summed E-state index contributed by atoms with van der Waals surface area (Å²) in [6, 6.07) is 9.63. The Bertz CT molecular complexity index is 449. The van der Waals surface area contributed by atoms with Gasteiger partial charge in [-0.05, 0) is 12.0 Å². The minimum absolute atomic E-state index is 0.325. The van der Waals surface area contributed by atoms with E-state index in [0.29, 0.717) is 19.0 Å². The van der Waals surface area contributed by atoms with Crippen molar-refractivity contribution in [1.29, 1.82) is 0 Å². The van der Waals surface area contributed by atoms with E-state index in [1.807, 2.05) is 30.3 Å². The van der Waals surface area contributed by atoms with Crippen molar-refractivity contribution in [2.24, 2.45) is 0 Å². The van der Waals surface area contributed by atoms with Gasteiger partial charge in [-0.15, -0.1) is 0 Å². The number of hydrogen-bond donors (Lipinski definition) is 2. The number of carbonyl (C=O) groups is 2. The number of carboxylic acids is 1. The van der Waals surface area contributed by atoms with Gasteiger partial charge in [0.15, 0.2) is 6.61 Å². The SMILES string of the molecule is O=C(O)CONC(=O)N1CCC(c2ccccc2)C1. The Balaban J connectivity index is 1.81. The van der Waals surface area contributed by atoms with Crippen LogP contribution in [0.5, 0.6) is 0 Å². The average Bonchev–Trinajstić information content (AvgIpc) is 2.89. The lowest BCUT2D eigenvalue weighted by atomic mass is 9.99. The number of amides is 2. The molecule has 2 amide bonds. The highest BCUT2D eigenvalue weighted by molar-refractivity contribution is 5.74. The normalized spacial score (nSPS) is 18.3. The second kappa shape index (κ2) is 6.19. The summed E-state index contributed by atoms with van der Waals surface area (Å²) < 4.78 is 0. The molecule has 1 heterocycles. The molecule has 0 saturated carbocycles. The molecule has 1 aliphatic heterocycles. The Morgan fingerprint density at radius 1 is 1.37 bits per heavy atom. The molecule has 6 nitrogen and oxygen atoms in total. The van der Waals surface area contributed by atoms with Gasteiger partial charge in [-0.1, -0.05) is 30.3 Å². The predicted molar refractivity (Wildman–Crippen MR) is 67.5 cm³/mol. The van der Waals surface area contributed by atoms with Gasteiger partial charge in [-0.25, -0.2) is 15.1 Å². The molecule has 102 valence electrons. The molecule has 0 spiro atoms. The molecule has 1 saturated heterocycles. The standard InChI is InChI=1S/C13H16N2O4/c16-12(17)9-19-14-13(18)15-7-6-11(8-15)10-4-2-1-3-5-10/h1-5,11H,6-9H2,(H,14,18)(H,16,17). The van der Waals surface area contributed by atoms with Crippen LogP contribution in [0.15, 0.2) is 30.3 Å². The van der Waals surface area contributed by atoms with Crippen LogP contribution in [0.1, 0.15) is 17.9 Å². The second-order valence-electron chi connectivity index (χ2n) is 4.43. The highest BCUT2D eigenvalue weighted by Gasteiger charge is 2.27. The molecule has 19 heavy (non-hydrogen) atoms. The molecule has 1 aliphatic rings. The first kappa shape index (κ1) is 13.4. The van der Waals surface area contributed by atoms with Gasteiger partial charge in [0.2, 0.25) is 0 Å². The Kier molecular flexibility index (Phi) is 4.35. The number of benzene rings is 1. The van der Waals surface area contributed by atoms with Crippen LogP contribution in [-0.2, 0) is 9.63 Å². The molecule has 1 unspecified atom stereocenters. The topological polar surface area (TPSA) is 78.9 Å². The summed E-state index contributed by atoms with van der Waals surface area (Å²) in [7, 11) is 0. The third-order valence-corrected chi connectivity index (χ3v) is 3.10. The Hall–Kier alpha value is -2.08. The van der Waals surface area contributed by atoms with E-state index in [1.165, 1.54) is 5.56 Å². The van der Waals surface area contributed by atoms with Crippen molar-refractivity contribution in [1.82, 2.24) is 10.4 Å². The molecular weight excluding hydrogens is 248 g/mol. The summed E-state index contributed by atoms with van der Waals surface area (Å²) in [6.07, 6.45) is 0.899. The first-order chi connectivity index (χ1) is 9.16. The number of hydrogen-bond acceptors (Lipinski definition) is 3. The van der Waals surface area contributed by atoms with Crippen LogP contribution in [-0.4, -0.2) is 41.7 Å². The Labute approximate surface area is 110 Å². The molecule has 1 atom stereocenters. The van der Waals surface area contributed by atoms with Crippen molar-refractivity contribution >= 4 is 12.0 Å². The smallest absolute Gasteiger partial charge is 0.341 e. The van der Waals surface area contributed by atoms with Crippen molar-refractivity contribution in [2.75, 3.05) is 19.7 Å². The van der Waals surface area contributed by atoms with Crippen LogP contribution >= 0.6 is 0 Å². The van der Waals surface area contributed by atoms with Crippen LogP contribution in [0, 0.1) is 0 Å². The number of nitrogens with zero attached hydrogens (tertiary/aromatic N) is 1. The number of likely N-dealkylation sites (tertiary alicyclic amines) is 1. The van der Waals surface area contributed by atoms with Crippen LogP contribution in [0.25, 0.3) is 0 Å². The maximum Gasteiger partial charge on any atom is 0.341 e. The number of urea groups is 1. The van der Waals surface area contributed by atoms with Gasteiger partial charge in [0, 0.05) is 19.0 Å². The molecule has 1 aromatic carbocycles. The minimum Gasteiger partial charge on any atom is -0.479 e. The van der Waals surface area contributed by atoms with Gasteiger partial charge in [-0.2, -0.15) is 0 Å². The summed E-state index contributed by atoms with van der Waals surface area (Å²) in [5, 5.41) is 8.39. The minimum atomic E-state index is -1.12. The number of rotatable bonds is 4. The van der Waals surface area contributed by atoms with E-state index in [9.17, 15) is 9.59 Å². The highest BCUT2D eigenvalue weighted by atomic mass is 16.7. The fourth-order valence-corrected chi connectivity index (χ4v) is 2.17. The number of nitrogens with one attached hydrogen (secondary N) is 1. The lowest BCUT2D eigenvalue weighted by molar-refractivity contribution is -0.144. The third kappa shape index (κ3) is 3.69. The van der Waals surface area contributed by atoms with Crippen LogP contribution < -0.4 is 5.48 Å². The maximum atomic E-state index is 11.7. The quantitative estimate of drug-likeness (QED) is 0.801. The third-order valence-electron chi connectivity index (χ3n) is 3.10.